The minimum Gasteiger partial charge on any atom is -0.508 e. The molecule has 0 heterocycles. The molecule has 2 aromatic rings. The molecule has 0 saturated heterocycles. The number of phenolic OH excluding ortho intramolecular Hbond substituents is 4. The second-order valence-corrected chi connectivity index (χ2v) is 13.5. The summed E-state index contributed by atoms with van der Waals surface area (Å²) in [5, 5.41) is 44.1. The van der Waals surface area contributed by atoms with Gasteiger partial charge >= 0.3 is 0 Å². The molecule has 4 aliphatic carbocycles. The fraction of sp³-hybridized carbons (Fsp3) is 0.657. The average molecular weight is 624 g/mol. The predicted molar refractivity (Wildman–Crippen MR) is 174 cm³/mol. The smallest absolute Gasteiger partial charge is 0.123 e. The number of ether oxygens (including phenoxy) is 1. The van der Waals surface area contributed by atoms with Crippen LogP contribution in [0.15, 0.2) is 24.3 Å². The molecule has 0 aliphatic heterocycles. The maximum atomic E-state index is 11.1. The van der Waals surface area contributed by atoms with Gasteiger partial charge in [0.05, 0.1) is 6.10 Å². The Morgan fingerprint density at radius 1 is 0.690 bits per heavy atom. The van der Waals surface area contributed by atoms with Crippen molar-refractivity contribution in [3.05, 3.63) is 46.5 Å². The van der Waals surface area contributed by atoms with Crippen LogP contribution in [0, 0.1) is 0 Å². The summed E-state index contributed by atoms with van der Waals surface area (Å²) in [6.07, 6.45) is 12.3. The molecule has 0 fully saturated rings. The van der Waals surface area contributed by atoms with Crippen molar-refractivity contribution < 1.29 is 25.2 Å². The van der Waals surface area contributed by atoms with Crippen molar-refractivity contribution in [2.24, 2.45) is 0 Å². The van der Waals surface area contributed by atoms with E-state index in [0.29, 0.717) is 24.0 Å². The molecule has 4 bridgehead atoms. The summed E-state index contributed by atoms with van der Waals surface area (Å²) in [6, 6.07) is 7.06. The quantitative estimate of drug-likeness (QED) is 0.231. The van der Waals surface area contributed by atoms with Crippen molar-refractivity contribution in [3.8, 4) is 23.0 Å². The molecule has 0 spiro atoms. The van der Waals surface area contributed by atoms with E-state index >= 15 is 0 Å². The molecule has 0 radical (unpaired) electrons. The van der Waals surface area contributed by atoms with Crippen LogP contribution in [0.5, 0.6) is 23.0 Å². The number of benzene rings is 2. The molecule has 42 heavy (non-hydrogen) atoms. The normalized spacial score (nSPS) is 24.7. The number of hydrogen-bond donors (Lipinski definition) is 4. The van der Waals surface area contributed by atoms with Crippen molar-refractivity contribution in [2.45, 2.75) is 139 Å². The van der Waals surface area contributed by atoms with Crippen LogP contribution in [0.25, 0.3) is 0 Å². The second kappa shape index (κ2) is 17.5. The highest BCUT2D eigenvalue weighted by atomic mass is 35.5. The standard InChI is InChI=1S/C35H52Cl2O5/c1-4-6-10-24-13-9-15-28(37)22-33(42-3)26-20-31(40)35(32(41)21-26)25(11-7-5-2)12-8-14-27(36)17-16-23-18-29(38)34(24)30(39)19-23/h18-21,24-25,27-28,33,38-41H,4-17,22H2,1-3H3/t24-,25-,27+,28+,33+/m0/s1. The Kier molecular flexibility index (Phi) is 14.4. The summed E-state index contributed by atoms with van der Waals surface area (Å²) >= 11 is 13.6. The summed E-state index contributed by atoms with van der Waals surface area (Å²) in [7, 11) is 1.63. The van der Waals surface area contributed by atoms with Gasteiger partial charge in [0.2, 0.25) is 0 Å². The lowest BCUT2D eigenvalue weighted by Gasteiger charge is -2.24. The van der Waals surface area contributed by atoms with E-state index in [2.05, 4.69) is 13.8 Å². The lowest BCUT2D eigenvalue weighted by Crippen LogP contribution is -2.11. The van der Waals surface area contributed by atoms with Crippen molar-refractivity contribution in [1.82, 2.24) is 0 Å². The highest BCUT2D eigenvalue weighted by molar-refractivity contribution is 6.20. The zero-order chi connectivity index (χ0) is 30.6. The number of alkyl halides is 2. The highest BCUT2D eigenvalue weighted by Gasteiger charge is 2.25. The molecule has 236 valence electrons. The van der Waals surface area contributed by atoms with Gasteiger partial charge in [-0.25, -0.2) is 0 Å². The topological polar surface area (TPSA) is 90.2 Å². The summed E-state index contributed by atoms with van der Waals surface area (Å²) < 4.78 is 5.79. The summed E-state index contributed by atoms with van der Waals surface area (Å²) in [5.74, 6) is 0.646. The molecule has 0 saturated carbocycles. The number of rotatable bonds is 7. The molecule has 4 N–H and O–H groups in total. The Labute approximate surface area is 263 Å². The first-order valence-corrected chi connectivity index (χ1v) is 17.0. The lowest BCUT2D eigenvalue weighted by atomic mass is 9.85. The van der Waals surface area contributed by atoms with Crippen molar-refractivity contribution >= 4 is 23.2 Å². The van der Waals surface area contributed by atoms with Gasteiger partial charge < -0.3 is 25.2 Å². The predicted octanol–water partition coefficient (Wildman–Crippen LogP) is 10.3. The molecular formula is C35H52Cl2O5. The molecule has 4 aliphatic rings. The number of halogens is 2. The van der Waals surface area contributed by atoms with Gasteiger partial charge in [0.25, 0.3) is 0 Å². The second-order valence-electron chi connectivity index (χ2n) is 12.3. The third kappa shape index (κ3) is 9.86. The van der Waals surface area contributed by atoms with Gasteiger partial charge in [-0.3, -0.25) is 0 Å². The van der Waals surface area contributed by atoms with Gasteiger partial charge in [-0.05, 0) is 105 Å². The Balaban J connectivity index is 1.91. The van der Waals surface area contributed by atoms with Crippen molar-refractivity contribution in [1.29, 1.82) is 0 Å². The van der Waals surface area contributed by atoms with E-state index in [1.165, 1.54) is 0 Å². The monoisotopic (exact) mass is 622 g/mol. The molecule has 5 atom stereocenters. The van der Waals surface area contributed by atoms with Crippen LogP contribution in [0.3, 0.4) is 0 Å². The third-order valence-corrected chi connectivity index (χ3v) is 9.83. The number of aryl methyl sites for hydroxylation is 1. The van der Waals surface area contributed by atoms with E-state index in [1.54, 1.807) is 31.4 Å². The Morgan fingerprint density at radius 3 is 1.64 bits per heavy atom. The van der Waals surface area contributed by atoms with Crippen molar-refractivity contribution in [2.75, 3.05) is 7.11 Å². The van der Waals surface area contributed by atoms with Gasteiger partial charge in [0.15, 0.2) is 0 Å². The highest BCUT2D eigenvalue weighted by Crippen LogP contribution is 2.44. The van der Waals surface area contributed by atoms with Gasteiger partial charge in [-0.1, -0.05) is 52.4 Å². The molecule has 0 aromatic heterocycles. The maximum Gasteiger partial charge on any atom is 0.123 e. The lowest BCUT2D eigenvalue weighted by molar-refractivity contribution is 0.0935. The minimum atomic E-state index is -0.362. The first-order valence-electron chi connectivity index (χ1n) is 16.1. The molecular weight excluding hydrogens is 571 g/mol. The van der Waals surface area contributed by atoms with Crippen LogP contribution in [0.1, 0.15) is 144 Å². The third-order valence-electron chi connectivity index (χ3n) is 9.00. The largest absolute Gasteiger partial charge is 0.508 e. The molecule has 5 nitrogen and oxygen atoms in total. The van der Waals surface area contributed by atoms with E-state index in [9.17, 15) is 20.4 Å². The first kappa shape index (κ1) is 34.7. The fourth-order valence-electron chi connectivity index (χ4n) is 6.62. The van der Waals surface area contributed by atoms with Crippen LogP contribution in [-0.2, 0) is 11.2 Å². The van der Waals surface area contributed by atoms with Crippen LogP contribution in [-0.4, -0.2) is 38.3 Å². The Morgan fingerprint density at radius 2 is 1.17 bits per heavy atom. The molecule has 2 aromatic carbocycles. The zero-order valence-corrected chi connectivity index (χ0v) is 27.3. The molecule has 0 amide bonds. The van der Waals surface area contributed by atoms with E-state index in [0.717, 1.165) is 94.6 Å². The minimum absolute atomic E-state index is 0.0320. The van der Waals surface area contributed by atoms with E-state index in [-0.39, 0.29) is 51.7 Å². The number of unbranched alkanes of at least 4 members (excludes halogenated alkanes) is 2. The van der Waals surface area contributed by atoms with Crippen LogP contribution in [0.4, 0.5) is 0 Å². The number of phenols is 4. The average Bonchev–Trinajstić information content (AvgIpc) is 2.94. The van der Waals surface area contributed by atoms with Gasteiger partial charge in [-0.15, -0.1) is 23.2 Å². The Hall–Kier alpha value is -1.82. The van der Waals surface area contributed by atoms with Gasteiger partial charge in [0.1, 0.15) is 23.0 Å². The van der Waals surface area contributed by atoms with Crippen LogP contribution < -0.4 is 0 Å². The van der Waals surface area contributed by atoms with Gasteiger partial charge in [-0.2, -0.15) is 0 Å². The zero-order valence-electron chi connectivity index (χ0n) is 25.8. The summed E-state index contributed by atoms with van der Waals surface area (Å²) in [5.41, 5.74) is 2.86. The van der Waals surface area contributed by atoms with Crippen molar-refractivity contribution in [3.63, 3.8) is 0 Å². The number of hydrogen-bond acceptors (Lipinski definition) is 5. The fourth-order valence-corrected chi connectivity index (χ4v) is 7.19. The molecule has 6 rings (SSSR count). The van der Waals surface area contributed by atoms with E-state index in [1.807, 2.05) is 0 Å². The van der Waals surface area contributed by atoms with E-state index < -0.39 is 0 Å². The molecule has 7 heteroatoms. The van der Waals surface area contributed by atoms with Crippen LogP contribution in [0.2, 0.25) is 0 Å². The van der Waals surface area contributed by atoms with Gasteiger partial charge in [0, 0.05) is 29.0 Å². The summed E-state index contributed by atoms with van der Waals surface area (Å²) in [6.45, 7) is 4.29. The summed E-state index contributed by atoms with van der Waals surface area (Å²) in [4.78, 5) is 0. The maximum absolute atomic E-state index is 11.1. The number of methoxy groups -OCH3 is 1. The Bertz CT molecular complexity index is 1060. The van der Waals surface area contributed by atoms with E-state index in [4.69, 9.17) is 27.9 Å². The number of aromatic hydroxyl groups is 4. The molecule has 0 unspecified atom stereocenters. The SMILES string of the molecule is CCCC[C@H]1CCC[C@@H](Cl)CCc2cc(O)c(c(O)c2)[C@@H](CCCC)CCC[C@@H](Cl)C[C@@H](OC)c2cc(O)c1c(O)c2. The van der Waals surface area contributed by atoms with Crippen LogP contribution >= 0.6 is 23.2 Å². The first-order chi connectivity index (χ1) is 20.2.